The first kappa shape index (κ1) is 17.2. The molecule has 2 aromatic rings. The standard InChI is InChI=1S/C19H19N3O2/c1-3-21-19(24)16-6-4-5-14(9-16)12-22-18-10-15(13(2)23)7-8-17(18)11-20/h4-10,22H,3,12H2,1-2H3,(H,21,24). The molecule has 0 fully saturated rings. The second kappa shape index (κ2) is 7.93. The Morgan fingerprint density at radius 2 is 1.92 bits per heavy atom. The van der Waals surface area contributed by atoms with Gasteiger partial charge in [-0.2, -0.15) is 5.26 Å². The molecule has 0 saturated carbocycles. The van der Waals surface area contributed by atoms with Gasteiger partial charge in [0.25, 0.3) is 5.91 Å². The maximum atomic E-state index is 11.9. The number of nitrogens with one attached hydrogen (secondary N) is 2. The molecule has 0 atom stereocenters. The van der Waals surface area contributed by atoms with Crippen molar-refractivity contribution in [2.75, 3.05) is 11.9 Å². The third-order valence-corrected chi connectivity index (χ3v) is 3.56. The summed E-state index contributed by atoms with van der Waals surface area (Å²) in [7, 11) is 0. The van der Waals surface area contributed by atoms with E-state index >= 15 is 0 Å². The van der Waals surface area contributed by atoms with Crippen LogP contribution in [0.4, 0.5) is 5.69 Å². The molecule has 1 amide bonds. The molecule has 24 heavy (non-hydrogen) atoms. The number of Topliss-reactive ketones (excluding diaryl/α,β-unsaturated/α-hetero) is 1. The molecule has 0 unspecified atom stereocenters. The van der Waals surface area contributed by atoms with Gasteiger partial charge in [-0.25, -0.2) is 0 Å². The van der Waals surface area contributed by atoms with Crippen molar-refractivity contribution >= 4 is 17.4 Å². The minimum Gasteiger partial charge on any atom is -0.380 e. The van der Waals surface area contributed by atoms with E-state index in [-0.39, 0.29) is 11.7 Å². The van der Waals surface area contributed by atoms with Crippen LogP contribution in [-0.2, 0) is 6.54 Å². The van der Waals surface area contributed by atoms with Crippen LogP contribution in [0.2, 0.25) is 0 Å². The van der Waals surface area contributed by atoms with Crippen LogP contribution in [0.25, 0.3) is 0 Å². The number of ketones is 1. The van der Waals surface area contributed by atoms with Gasteiger partial charge in [0.15, 0.2) is 5.78 Å². The molecule has 0 aliphatic rings. The maximum absolute atomic E-state index is 11.9. The van der Waals surface area contributed by atoms with Gasteiger partial charge in [-0.15, -0.1) is 0 Å². The number of nitrogens with zero attached hydrogens (tertiary/aromatic N) is 1. The number of anilines is 1. The summed E-state index contributed by atoms with van der Waals surface area (Å²) in [5, 5.41) is 15.1. The number of amides is 1. The molecule has 0 aliphatic carbocycles. The molecule has 0 aliphatic heterocycles. The fourth-order valence-corrected chi connectivity index (χ4v) is 2.29. The Morgan fingerprint density at radius 3 is 2.58 bits per heavy atom. The molecule has 0 spiro atoms. The van der Waals surface area contributed by atoms with Gasteiger partial charge < -0.3 is 10.6 Å². The van der Waals surface area contributed by atoms with Crippen LogP contribution in [0.1, 0.15) is 45.7 Å². The first-order valence-corrected chi connectivity index (χ1v) is 7.71. The van der Waals surface area contributed by atoms with E-state index in [1.165, 1.54) is 6.92 Å². The Balaban J connectivity index is 2.18. The van der Waals surface area contributed by atoms with Crippen LogP contribution in [0.3, 0.4) is 0 Å². The fraction of sp³-hybridized carbons (Fsp3) is 0.211. The second-order valence-electron chi connectivity index (χ2n) is 5.34. The number of nitriles is 1. The van der Waals surface area contributed by atoms with Crippen molar-refractivity contribution in [2.45, 2.75) is 20.4 Å². The topological polar surface area (TPSA) is 82.0 Å². The predicted molar refractivity (Wildman–Crippen MR) is 92.9 cm³/mol. The summed E-state index contributed by atoms with van der Waals surface area (Å²) in [4.78, 5) is 23.4. The Morgan fingerprint density at radius 1 is 1.12 bits per heavy atom. The average molecular weight is 321 g/mol. The van der Waals surface area contributed by atoms with Crippen molar-refractivity contribution in [1.82, 2.24) is 5.32 Å². The van der Waals surface area contributed by atoms with Crippen molar-refractivity contribution in [3.8, 4) is 6.07 Å². The minimum atomic E-state index is -0.115. The summed E-state index contributed by atoms with van der Waals surface area (Å²) in [6, 6.07) is 14.3. The highest BCUT2D eigenvalue weighted by molar-refractivity contribution is 5.95. The normalized spacial score (nSPS) is 9.88. The van der Waals surface area contributed by atoms with E-state index in [0.717, 1.165) is 5.56 Å². The van der Waals surface area contributed by atoms with Gasteiger partial charge in [0.2, 0.25) is 0 Å². The monoisotopic (exact) mass is 321 g/mol. The van der Waals surface area contributed by atoms with Gasteiger partial charge in [-0.3, -0.25) is 9.59 Å². The molecule has 0 bridgehead atoms. The highest BCUT2D eigenvalue weighted by Gasteiger charge is 2.08. The zero-order chi connectivity index (χ0) is 17.5. The third-order valence-electron chi connectivity index (χ3n) is 3.56. The van der Waals surface area contributed by atoms with Crippen LogP contribution in [-0.4, -0.2) is 18.2 Å². The summed E-state index contributed by atoms with van der Waals surface area (Å²) in [5.41, 5.74) is 3.13. The van der Waals surface area contributed by atoms with E-state index in [4.69, 9.17) is 0 Å². The molecular weight excluding hydrogens is 302 g/mol. The van der Waals surface area contributed by atoms with Crippen LogP contribution in [0.15, 0.2) is 42.5 Å². The van der Waals surface area contributed by atoms with Crippen LogP contribution >= 0.6 is 0 Å². The van der Waals surface area contributed by atoms with Crippen molar-refractivity contribution < 1.29 is 9.59 Å². The Hall–Kier alpha value is -3.13. The van der Waals surface area contributed by atoms with Crippen molar-refractivity contribution in [2.24, 2.45) is 0 Å². The van der Waals surface area contributed by atoms with Crippen molar-refractivity contribution in [1.29, 1.82) is 5.26 Å². The van der Waals surface area contributed by atoms with E-state index in [2.05, 4.69) is 16.7 Å². The summed E-state index contributed by atoms with van der Waals surface area (Å²) >= 11 is 0. The van der Waals surface area contributed by atoms with Gasteiger partial charge >= 0.3 is 0 Å². The maximum Gasteiger partial charge on any atom is 0.251 e. The number of carbonyl (C=O) groups excluding carboxylic acids is 2. The van der Waals surface area contributed by atoms with Gasteiger partial charge in [-0.05, 0) is 49.7 Å². The Kier molecular flexibility index (Phi) is 5.69. The number of hydrogen-bond acceptors (Lipinski definition) is 4. The number of benzene rings is 2. The van der Waals surface area contributed by atoms with Crippen LogP contribution in [0, 0.1) is 11.3 Å². The van der Waals surface area contributed by atoms with Gasteiger partial charge in [0.1, 0.15) is 6.07 Å². The molecule has 0 radical (unpaired) electrons. The van der Waals surface area contributed by atoms with E-state index in [0.29, 0.717) is 35.5 Å². The van der Waals surface area contributed by atoms with Gasteiger partial charge in [-0.1, -0.05) is 12.1 Å². The Bertz CT molecular complexity index is 806. The zero-order valence-electron chi connectivity index (χ0n) is 13.7. The number of carbonyl (C=O) groups is 2. The molecular formula is C19H19N3O2. The summed E-state index contributed by atoms with van der Waals surface area (Å²) in [6.45, 7) is 4.38. The minimum absolute atomic E-state index is 0.0548. The fourth-order valence-electron chi connectivity index (χ4n) is 2.29. The number of hydrogen-bond donors (Lipinski definition) is 2. The van der Waals surface area contributed by atoms with Crippen LogP contribution < -0.4 is 10.6 Å². The summed E-state index contributed by atoms with van der Waals surface area (Å²) < 4.78 is 0. The highest BCUT2D eigenvalue weighted by atomic mass is 16.1. The molecule has 5 nitrogen and oxygen atoms in total. The van der Waals surface area contributed by atoms with Crippen LogP contribution in [0.5, 0.6) is 0 Å². The lowest BCUT2D eigenvalue weighted by molar-refractivity contribution is 0.0954. The largest absolute Gasteiger partial charge is 0.380 e. The lowest BCUT2D eigenvalue weighted by atomic mass is 10.1. The zero-order valence-corrected chi connectivity index (χ0v) is 13.7. The molecule has 0 saturated heterocycles. The Labute approximate surface area is 141 Å². The van der Waals surface area contributed by atoms with Gasteiger partial charge in [0.05, 0.1) is 11.3 Å². The van der Waals surface area contributed by atoms with Gasteiger partial charge in [0, 0.05) is 24.2 Å². The molecule has 2 rings (SSSR count). The third kappa shape index (κ3) is 4.20. The molecule has 2 N–H and O–H groups in total. The van der Waals surface area contributed by atoms with E-state index in [1.54, 1.807) is 30.3 Å². The highest BCUT2D eigenvalue weighted by Crippen LogP contribution is 2.19. The summed E-state index contributed by atoms with van der Waals surface area (Å²) in [5.74, 6) is -0.170. The molecule has 0 heterocycles. The smallest absolute Gasteiger partial charge is 0.251 e. The van der Waals surface area contributed by atoms with E-state index < -0.39 is 0 Å². The first-order chi connectivity index (χ1) is 11.5. The van der Waals surface area contributed by atoms with Crippen molar-refractivity contribution in [3.63, 3.8) is 0 Å². The van der Waals surface area contributed by atoms with E-state index in [1.807, 2.05) is 19.1 Å². The average Bonchev–Trinajstić information content (AvgIpc) is 2.60. The molecule has 0 aromatic heterocycles. The summed E-state index contributed by atoms with van der Waals surface area (Å²) in [6.07, 6.45) is 0. The van der Waals surface area contributed by atoms with E-state index in [9.17, 15) is 14.9 Å². The SMILES string of the molecule is CCNC(=O)c1cccc(CNc2cc(C(C)=O)ccc2C#N)c1. The quantitative estimate of drug-likeness (QED) is 0.801. The lowest BCUT2D eigenvalue weighted by Gasteiger charge is -2.11. The predicted octanol–water partition coefficient (Wildman–Crippen LogP) is 3.12. The number of rotatable bonds is 6. The van der Waals surface area contributed by atoms with Crippen molar-refractivity contribution in [3.05, 3.63) is 64.7 Å². The molecule has 5 heteroatoms. The lowest BCUT2D eigenvalue weighted by Crippen LogP contribution is -2.22. The first-order valence-electron chi connectivity index (χ1n) is 7.71. The molecule has 122 valence electrons. The molecule has 2 aromatic carbocycles. The second-order valence-corrected chi connectivity index (χ2v) is 5.34.